The number of carbonyl (C=O) groups excluding carboxylic acids is 3. The lowest BCUT2D eigenvalue weighted by Gasteiger charge is -2.39. The van der Waals surface area contributed by atoms with Crippen LogP contribution in [0.15, 0.2) is 0 Å². The number of ether oxygens (including phenoxy) is 4. The van der Waals surface area contributed by atoms with Crippen molar-refractivity contribution in [2.45, 2.75) is 87.3 Å². The molecule has 2 fully saturated rings. The van der Waals surface area contributed by atoms with Crippen molar-refractivity contribution in [2.75, 3.05) is 65.0 Å². The first kappa shape index (κ1) is 38.0. The van der Waals surface area contributed by atoms with Crippen LogP contribution in [0.1, 0.15) is 51.4 Å². The number of carbonyl (C=O) groups is 3. The van der Waals surface area contributed by atoms with Gasteiger partial charge < -0.3 is 55.3 Å². The maximum Gasteiger partial charge on any atom is 0.220 e. The molecule has 0 radical (unpaired) electrons. The van der Waals surface area contributed by atoms with Crippen LogP contribution in [0.25, 0.3) is 0 Å². The highest BCUT2D eigenvalue weighted by atomic mass is 33.1. The molecule has 0 aromatic heterocycles. The van der Waals surface area contributed by atoms with E-state index >= 15 is 0 Å². The zero-order valence-electron chi connectivity index (χ0n) is 24.7. The number of rotatable bonds is 23. The van der Waals surface area contributed by atoms with E-state index < -0.39 is 37.3 Å². The van der Waals surface area contributed by atoms with Gasteiger partial charge in [0, 0.05) is 49.9 Å². The van der Waals surface area contributed by atoms with Crippen molar-refractivity contribution >= 4 is 39.3 Å². The summed E-state index contributed by atoms with van der Waals surface area (Å²) in [5.74, 6) is 0.726. The molecule has 2 aliphatic rings. The van der Waals surface area contributed by atoms with Crippen molar-refractivity contribution in [2.24, 2.45) is 0 Å². The van der Waals surface area contributed by atoms with Crippen molar-refractivity contribution in [3.63, 3.8) is 0 Å². The van der Waals surface area contributed by atoms with E-state index in [1.54, 1.807) is 0 Å². The predicted octanol–water partition coefficient (Wildman–Crippen LogP) is -0.931. The minimum Gasteiger partial charge on any atom is -0.394 e. The molecule has 250 valence electrons. The predicted molar refractivity (Wildman–Crippen MR) is 161 cm³/mol. The first-order valence-corrected chi connectivity index (χ1v) is 17.4. The fourth-order valence-corrected chi connectivity index (χ4v) is 7.29. The van der Waals surface area contributed by atoms with Crippen LogP contribution in [0, 0.1) is 0 Å². The Bertz CT molecular complexity index is 793. The zero-order chi connectivity index (χ0) is 31.3. The van der Waals surface area contributed by atoms with Gasteiger partial charge in [0.25, 0.3) is 0 Å². The summed E-state index contributed by atoms with van der Waals surface area (Å²) >= 11 is 0. The Morgan fingerprint density at radius 1 is 0.744 bits per heavy atom. The average molecular weight is 656 g/mol. The van der Waals surface area contributed by atoms with Crippen molar-refractivity contribution in [3.8, 4) is 0 Å². The molecule has 7 N–H and O–H groups in total. The maximum atomic E-state index is 11.9. The number of amides is 3. The summed E-state index contributed by atoms with van der Waals surface area (Å²) in [7, 11) is 3.92. The van der Waals surface area contributed by atoms with E-state index in [-0.39, 0.29) is 43.7 Å². The van der Waals surface area contributed by atoms with E-state index in [0.29, 0.717) is 52.4 Å². The molecule has 6 atom stereocenters. The van der Waals surface area contributed by atoms with Crippen LogP contribution in [0.5, 0.6) is 0 Å². The van der Waals surface area contributed by atoms with Crippen LogP contribution >= 0.6 is 21.6 Å². The Morgan fingerprint density at radius 3 is 1.98 bits per heavy atom. The molecular formula is C27H49N3O11S2. The molecule has 43 heavy (non-hydrogen) atoms. The molecule has 0 spiro atoms. The third-order valence-electron chi connectivity index (χ3n) is 6.77. The van der Waals surface area contributed by atoms with Crippen LogP contribution in [0.2, 0.25) is 0 Å². The molecule has 2 heterocycles. The highest BCUT2D eigenvalue weighted by Crippen LogP contribution is 2.39. The lowest BCUT2D eigenvalue weighted by molar-refractivity contribution is -0.301. The van der Waals surface area contributed by atoms with Crippen molar-refractivity contribution in [3.05, 3.63) is 0 Å². The molecule has 2 aliphatic heterocycles. The Kier molecular flexibility index (Phi) is 20.5. The van der Waals surface area contributed by atoms with Crippen molar-refractivity contribution in [1.29, 1.82) is 0 Å². The van der Waals surface area contributed by atoms with Gasteiger partial charge in [-0.25, -0.2) is 0 Å². The smallest absolute Gasteiger partial charge is 0.220 e. The van der Waals surface area contributed by atoms with Crippen molar-refractivity contribution < 1.29 is 53.8 Å². The van der Waals surface area contributed by atoms with E-state index in [1.165, 1.54) is 18.6 Å². The van der Waals surface area contributed by atoms with Gasteiger partial charge >= 0.3 is 0 Å². The minimum atomic E-state index is -1.51. The molecule has 2 saturated heterocycles. The van der Waals surface area contributed by atoms with E-state index in [0.717, 1.165) is 18.1 Å². The summed E-state index contributed by atoms with van der Waals surface area (Å²) in [6.45, 7) is 2.05. The van der Waals surface area contributed by atoms with Gasteiger partial charge in [-0.05, 0) is 25.7 Å². The Labute approximate surface area is 261 Å². The SMILES string of the molecule is O=C(CCCCC1CCSS1)NCCOCCOCCNC(=O)CCC(=O)NCCCO[C@H]1O[C@H](CO)[C@@H](O)[C@H](O)[C@@H]1O. The normalized spacial score (nSPS) is 25.4. The molecule has 0 aromatic carbocycles. The van der Waals surface area contributed by atoms with Gasteiger partial charge in [0.15, 0.2) is 6.29 Å². The number of aliphatic hydroxyl groups is 4. The van der Waals surface area contributed by atoms with E-state index in [1.807, 2.05) is 21.6 Å². The molecule has 0 saturated carbocycles. The Balaban J connectivity index is 1.33. The third-order valence-corrected chi connectivity index (χ3v) is 9.78. The van der Waals surface area contributed by atoms with Gasteiger partial charge in [0.1, 0.15) is 24.4 Å². The van der Waals surface area contributed by atoms with Crippen LogP contribution in [-0.2, 0) is 33.3 Å². The number of nitrogens with one attached hydrogen (secondary N) is 3. The molecule has 14 nitrogen and oxygen atoms in total. The Hall–Kier alpha value is -1.21. The summed E-state index contributed by atoms with van der Waals surface area (Å²) in [6, 6.07) is 0. The number of hydrogen-bond donors (Lipinski definition) is 7. The zero-order valence-corrected chi connectivity index (χ0v) is 26.3. The van der Waals surface area contributed by atoms with Gasteiger partial charge in [-0.3, -0.25) is 14.4 Å². The fraction of sp³-hybridized carbons (Fsp3) is 0.889. The second-order valence-electron chi connectivity index (χ2n) is 10.3. The summed E-state index contributed by atoms with van der Waals surface area (Å²) in [5, 5.41) is 47.6. The van der Waals surface area contributed by atoms with Gasteiger partial charge in [0.05, 0.1) is 39.6 Å². The Morgan fingerprint density at radius 2 is 1.37 bits per heavy atom. The molecule has 1 unspecified atom stereocenters. The van der Waals surface area contributed by atoms with Gasteiger partial charge in [-0.1, -0.05) is 28.0 Å². The molecule has 0 bridgehead atoms. The standard InChI is InChI=1S/C27H49N3O11S2/c31-18-20-24(35)25(36)26(37)27(41-20)40-12-3-9-28-22(33)6-7-23(34)30-11-14-39-16-15-38-13-10-29-21(32)5-2-1-4-19-8-17-42-43-19/h19-20,24-27,31,35-37H,1-18H2,(H,28,33)(H,29,32)(H,30,34)/t19?,20-,24-,25+,26+,27+/m1/s1. The quantitative estimate of drug-likeness (QED) is 0.0526. The lowest BCUT2D eigenvalue weighted by Crippen LogP contribution is -2.59. The van der Waals surface area contributed by atoms with Crippen LogP contribution in [-0.4, -0.2) is 139 Å². The lowest BCUT2D eigenvalue weighted by atomic mass is 9.99. The summed E-state index contributed by atoms with van der Waals surface area (Å²) < 4.78 is 21.4. The van der Waals surface area contributed by atoms with Crippen LogP contribution in [0.4, 0.5) is 0 Å². The molecule has 2 rings (SSSR count). The van der Waals surface area contributed by atoms with E-state index in [2.05, 4.69) is 16.0 Å². The molecule has 0 aliphatic carbocycles. The highest BCUT2D eigenvalue weighted by Gasteiger charge is 2.43. The third kappa shape index (κ3) is 16.6. The van der Waals surface area contributed by atoms with Gasteiger partial charge in [-0.2, -0.15) is 0 Å². The number of aliphatic hydroxyl groups excluding tert-OH is 4. The summed E-state index contributed by atoms with van der Waals surface area (Å²) in [6.07, 6.45) is -1.25. The summed E-state index contributed by atoms with van der Waals surface area (Å²) in [4.78, 5) is 35.7. The first-order chi connectivity index (χ1) is 20.8. The topological polar surface area (TPSA) is 205 Å². The fourth-order valence-electron chi connectivity index (χ4n) is 4.27. The molecule has 0 aromatic rings. The molecule has 16 heteroatoms. The second-order valence-corrected chi connectivity index (χ2v) is 13.1. The molecular weight excluding hydrogens is 606 g/mol. The first-order valence-electron chi connectivity index (χ1n) is 15.0. The van der Waals surface area contributed by atoms with E-state index in [4.69, 9.17) is 18.9 Å². The van der Waals surface area contributed by atoms with Crippen molar-refractivity contribution in [1.82, 2.24) is 16.0 Å². The van der Waals surface area contributed by atoms with Crippen LogP contribution < -0.4 is 16.0 Å². The van der Waals surface area contributed by atoms with Gasteiger partial charge in [0.2, 0.25) is 17.7 Å². The number of unbranched alkanes of at least 4 members (excludes halogenated alkanes) is 1. The summed E-state index contributed by atoms with van der Waals surface area (Å²) in [5.41, 5.74) is 0. The maximum absolute atomic E-state index is 11.9. The van der Waals surface area contributed by atoms with Gasteiger partial charge in [-0.15, -0.1) is 0 Å². The minimum absolute atomic E-state index is 0.0174. The monoisotopic (exact) mass is 655 g/mol. The van der Waals surface area contributed by atoms with E-state index in [9.17, 15) is 34.8 Å². The largest absolute Gasteiger partial charge is 0.394 e. The highest BCUT2D eigenvalue weighted by molar-refractivity contribution is 8.77. The van der Waals surface area contributed by atoms with Crippen LogP contribution in [0.3, 0.4) is 0 Å². The number of hydrogen-bond acceptors (Lipinski definition) is 13. The molecule has 3 amide bonds. The average Bonchev–Trinajstić information content (AvgIpc) is 3.52. The second kappa shape index (κ2) is 23.2.